The summed E-state index contributed by atoms with van der Waals surface area (Å²) in [5, 5.41) is 7.16. The molecule has 1 atom stereocenters. The molecular weight excluding hydrogens is 414 g/mol. The van der Waals surface area contributed by atoms with Crippen molar-refractivity contribution in [2.45, 2.75) is 40.0 Å². The zero-order valence-electron chi connectivity index (χ0n) is 17.2. The Kier molecular flexibility index (Phi) is 6.62. The van der Waals surface area contributed by atoms with E-state index in [1.807, 2.05) is 25.5 Å². The van der Waals surface area contributed by atoms with Crippen molar-refractivity contribution in [3.8, 4) is 5.75 Å². The molecule has 0 radical (unpaired) electrons. The van der Waals surface area contributed by atoms with Crippen LogP contribution < -0.4 is 10.1 Å². The fraction of sp³-hybridized carbons (Fsp3) is 0.273. The quantitative estimate of drug-likeness (QED) is 0.427. The van der Waals surface area contributed by atoms with Gasteiger partial charge in [-0.15, -0.1) is 0 Å². The zero-order chi connectivity index (χ0) is 22.7. The van der Waals surface area contributed by atoms with Gasteiger partial charge in [-0.1, -0.05) is 12.1 Å². The molecule has 3 aromatic rings. The summed E-state index contributed by atoms with van der Waals surface area (Å²) < 4.78 is 60.6. The number of nitrogens with one attached hydrogen (secondary N) is 1. The maximum Gasteiger partial charge on any atom is 0.251 e. The predicted octanol–water partition coefficient (Wildman–Crippen LogP) is 4.84. The lowest BCUT2D eigenvalue weighted by Crippen LogP contribution is -2.27. The van der Waals surface area contributed by atoms with Crippen molar-refractivity contribution >= 4 is 5.91 Å². The molecule has 1 amide bonds. The summed E-state index contributed by atoms with van der Waals surface area (Å²) in [6, 6.07) is 5.92. The summed E-state index contributed by atoms with van der Waals surface area (Å²) >= 11 is 0. The number of carbonyl (C=O) groups excluding carboxylic acids is 1. The van der Waals surface area contributed by atoms with Crippen LogP contribution in [-0.4, -0.2) is 15.7 Å². The largest absolute Gasteiger partial charge is 0.483 e. The predicted molar refractivity (Wildman–Crippen MR) is 106 cm³/mol. The van der Waals surface area contributed by atoms with Crippen LogP contribution in [0.25, 0.3) is 0 Å². The average Bonchev–Trinajstić information content (AvgIpc) is 3.13. The smallest absolute Gasteiger partial charge is 0.251 e. The molecule has 2 aromatic carbocycles. The van der Waals surface area contributed by atoms with Gasteiger partial charge in [0.1, 0.15) is 6.61 Å². The number of rotatable bonds is 7. The number of hydrogen-bond acceptors (Lipinski definition) is 3. The average molecular weight is 435 g/mol. The van der Waals surface area contributed by atoms with Crippen LogP contribution in [0.4, 0.5) is 17.6 Å². The van der Waals surface area contributed by atoms with Crippen molar-refractivity contribution in [1.82, 2.24) is 15.1 Å². The lowest BCUT2D eigenvalue weighted by atomic mass is 10.1. The van der Waals surface area contributed by atoms with Crippen molar-refractivity contribution in [3.05, 3.63) is 82.2 Å². The standard InChI is InChI=1S/C22H21F4N3O2/c1-4-29-13(3)16(10-27-29)12(2)28-22(30)15-7-5-14(6-8-15)11-31-21-19(25)17(23)9-18(24)20(21)26/h5-10,12H,4,11H2,1-3H3,(H,28,30). The Balaban J connectivity index is 1.65. The second kappa shape index (κ2) is 9.20. The number of halogens is 4. The van der Waals surface area contributed by atoms with Gasteiger partial charge in [-0.3, -0.25) is 9.48 Å². The van der Waals surface area contributed by atoms with Crippen molar-refractivity contribution in [2.24, 2.45) is 0 Å². The summed E-state index contributed by atoms with van der Waals surface area (Å²) in [5.74, 6) is -7.75. The normalized spacial score (nSPS) is 12.0. The molecular formula is C22H21F4N3O2. The van der Waals surface area contributed by atoms with E-state index in [1.165, 1.54) is 24.3 Å². The molecule has 0 saturated carbocycles. The second-order valence-corrected chi connectivity index (χ2v) is 6.98. The minimum absolute atomic E-state index is 0.112. The highest BCUT2D eigenvalue weighted by Gasteiger charge is 2.21. The Morgan fingerprint density at radius 2 is 1.74 bits per heavy atom. The fourth-order valence-corrected chi connectivity index (χ4v) is 3.15. The summed E-state index contributed by atoms with van der Waals surface area (Å²) in [6.07, 6.45) is 1.72. The number of aryl methyl sites for hydroxylation is 1. The molecule has 0 spiro atoms. The van der Waals surface area contributed by atoms with Crippen LogP contribution >= 0.6 is 0 Å². The monoisotopic (exact) mass is 435 g/mol. The van der Waals surface area contributed by atoms with Gasteiger partial charge in [0.2, 0.25) is 11.6 Å². The van der Waals surface area contributed by atoms with Gasteiger partial charge in [-0.05, 0) is 38.5 Å². The Hall–Kier alpha value is -3.36. The first-order valence-electron chi connectivity index (χ1n) is 9.60. The SMILES string of the molecule is CCn1ncc(C(C)NC(=O)c2ccc(COc3c(F)c(F)cc(F)c3F)cc2)c1C. The van der Waals surface area contributed by atoms with Gasteiger partial charge in [-0.2, -0.15) is 13.9 Å². The van der Waals surface area contributed by atoms with Crippen molar-refractivity contribution in [2.75, 3.05) is 0 Å². The third-order valence-electron chi connectivity index (χ3n) is 4.93. The molecule has 1 heterocycles. The summed E-state index contributed by atoms with van der Waals surface area (Å²) in [7, 11) is 0. The molecule has 1 N–H and O–H groups in total. The number of benzene rings is 2. The van der Waals surface area contributed by atoms with Gasteiger partial charge in [0.05, 0.1) is 12.2 Å². The lowest BCUT2D eigenvalue weighted by Gasteiger charge is -2.14. The van der Waals surface area contributed by atoms with Crippen LogP contribution in [0, 0.1) is 30.2 Å². The Morgan fingerprint density at radius 3 is 2.29 bits per heavy atom. The van der Waals surface area contributed by atoms with Gasteiger partial charge < -0.3 is 10.1 Å². The maximum atomic E-state index is 13.7. The second-order valence-electron chi connectivity index (χ2n) is 6.98. The van der Waals surface area contributed by atoms with E-state index >= 15 is 0 Å². The van der Waals surface area contributed by atoms with Crippen molar-refractivity contribution < 1.29 is 27.1 Å². The summed E-state index contributed by atoms with van der Waals surface area (Å²) in [6.45, 7) is 6.15. The van der Waals surface area contributed by atoms with Crippen LogP contribution in [0.2, 0.25) is 0 Å². The van der Waals surface area contributed by atoms with Gasteiger partial charge in [0.25, 0.3) is 5.91 Å². The lowest BCUT2D eigenvalue weighted by molar-refractivity contribution is 0.0939. The fourth-order valence-electron chi connectivity index (χ4n) is 3.15. The Labute approximate surface area is 176 Å². The van der Waals surface area contributed by atoms with Crippen LogP contribution in [0.5, 0.6) is 5.75 Å². The van der Waals surface area contributed by atoms with E-state index < -0.39 is 29.0 Å². The third kappa shape index (κ3) is 4.70. The van der Waals surface area contributed by atoms with Gasteiger partial charge in [-0.25, -0.2) is 8.78 Å². The number of amides is 1. The first-order chi connectivity index (χ1) is 14.7. The van der Waals surface area contributed by atoms with Crippen LogP contribution in [0.1, 0.15) is 47.1 Å². The van der Waals surface area contributed by atoms with E-state index in [0.717, 1.165) is 17.8 Å². The highest BCUT2D eigenvalue weighted by molar-refractivity contribution is 5.94. The Morgan fingerprint density at radius 1 is 1.13 bits per heavy atom. The van der Waals surface area contributed by atoms with Crippen molar-refractivity contribution in [1.29, 1.82) is 0 Å². The van der Waals surface area contributed by atoms with E-state index in [2.05, 4.69) is 10.4 Å². The number of ether oxygens (including phenoxy) is 1. The molecule has 0 aliphatic heterocycles. The first kappa shape index (κ1) is 22.3. The molecule has 31 heavy (non-hydrogen) atoms. The van der Waals surface area contributed by atoms with Gasteiger partial charge in [0, 0.05) is 29.4 Å². The molecule has 1 aromatic heterocycles. The minimum atomic E-state index is -1.61. The molecule has 0 saturated heterocycles. The molecule has 0 aliphatic carbocycles. The highest BCUT2D eigenvalue weighted by Crippen LogP contribution is 2.27. The summed E-state index contributed by atoms with van der Waals surface area (Å²) in [5.41, 5.74) is 2.70. The Bertz CT molecular complexity index is 1070. The number of nitrogens with zero attached hydrogens (tertiary/aromatic N) is 2. The van der Waals surface area contributed by atoms with Crippen molar-refractivity contribution in [3.63, 3.8) is 0 Å². The van der Waals surface area contributed by atoms with E-state index in [4.69, 9.17) is 4.74 Å². The number of aromatic nitrogens is 2. The number of carbonyl (C=O) groups is 1. The summed E-state index contributed by atoms with van der Waals surface area (Å²) in [4.78, 5) is 12.5. The highest BCUT2D eigenvalue weighted by atomic mass is 19.2. The third-order valence-corrected chi connectivity index (χ3v) is 4.93. The molecule has 1 unspecified atom stereocenters. The van der Waals surface area contributed by atoms with Crippen LogP contribution in [0.15, 0.2) is 36.5 Å². The van der Waals surface area contributed by atoms with Gasteiger partial charge in [0.15, 0.2) is 17.4 Å². The van der Waals surface area contributed by atoms with Crippen LogP contribution in [0.3, 0.4) is 0 Å². The molecule has 0 bridgehead atoms. The minimum Gasteiger partial charge on any atom is -0.483 e. The molecule has 5 nitrogen and oxygen atoms in total. The van der Waals surface area contributed by atoms with Gasteiger partial charge >= 0.3 is 0 Å². The molecule has 0 aliphatic rings. The molecule has 9 heteroatoms. The maximum absolute atomic E-state index is 13.7. The number of hydrogen-bond donors (Lipinski definition) is 1. The topological polar surface area (TPSA) is 56.2 Å². The van der Waals surface area contributed by atoms with E-state index in [9.17, 15) is 22.4 Å². The van der Waals surface area contributed by atoms with E-state index in [-0.39, 0.29) is 24.6 Å². The van der Waals surface area contributed by atoms with Crippen LogP contribution in [-0.2, 0) is 13.2 Å². The molecule has 0 fully saturated rings. The van der Waals surface area contributed by atoms with E-state index in [1.54, 1.807) is 6.20 Å². The zero-order valence-corrected chi connectivity index (χ0v) is 17.2. The molecule has 164 valence electrons. The first-order valence-corrected chi connectivity index (χ1v) is 9.60. The molecule has 3 rings (SSSR count). The van der Waals surface area contributed by atoms with E-state index in [0.29, 0.717) is 11.1 Å².